The molecule has 25 heavy (non-hydrogen) atoms. The van der Waals surface area contributed by atoms with E-state index in [0.717, 1.165) is 15.6 Å². The summed E-state index contributed by atoms with van der Waals surface area (Å²) in [5.41, 5.74) is 2.26. The number of hydrogen-bond acceptors (Lipinski definition) is 4. The van der Waals surface area contributed by atoms with Gasteiger partial charge >= 0.3 is 0 Å². The lowest BCUT2D eigenvalue weighted by Gasteiger charge is -2.27. The third kappa shape index (κ3) is 4.22. The van der Waals surface area contributed by atoms with Crippen molar-refractivity contribution in [3.63, 3.8) is 0 Å². The summed E-state index contributed by atoms with van der Waals surface area (Å²) in [6.45, 7) is 0.692. The van der Waals surface area contributed by atoms with Crippen LogP contribution in [0.1, 0.15) is 11.1 Å². The van der Waals surface area contributed by atoms with Gasteiger partial charge in [-0.2, -0.15) is 4.31 Å². The van der Waals surface area contributed by atoms with Crippen LogP contribution in [0.2, 0.25) is 0 Å². The summed E-state index contributed by atoms with van der Waals surface area (Å²) in [4.78, 5) is 0.159. The molecule has 1 aliphatic heterocycles. The van der Waals surface area contributed by atoms with Crippen LogP contribution in [0.4, 0.5) is 5.69 Å². The molecule has 2 aromatic rings. The van der Waals surface area contributed by atoms with E-state index >= 15 is 0 Å². The van der Waals surface area contributed by atoms with Gasteiger partial charge < -0.3 is 0 Å². The minimum absolute atomic E-state index is 0.159. The van der Waals surface area contributed by atoms with Crippen molar-refractivity contribution >= 4 is 41.7 Å². The standard InChI is InChI=1S/C16H17BrN2O4S2/c1-24(20,21)19-9-8-12-2-5-15(10-13(12)11-19)18-25(22,23)16-6-3-14(17)4-7-16/h2-7,10,18H,8-9,11H2,1H3. The minimum Gasteiger partial charge on any atom is -0.280 e. The van der Waals surface area contributed by atoms with Crippen molar-refractivity contribution in [2.45, 2.75) is 17.9 Å². The summed E-state index contributed by atoms with van der Waals surface area (Å²) in [5, 5.41) is 0. The summed E-state index contributed by atoms with van der Waals surface area (Å²) >= 11 is 3.27. The zero-order valence-corrected chi connectivity index (χ0v) is 16.7. The maximum Gasteiger partial charge on any atom is 0.261 e. The van der Waals surface area contributed by atoms with Gasteiger partial charge in [-0.1, -0.05) is 22.0 Å². The maximum absolute atomic E-state index is 12.5. The molecular formula is C16H17BrN2O4S2. The van der Waals surface area contributed by atoms with Crippen LogP contribution in [-0.2, 0) is 33.0 Å². The molecular weight excluding hydrogens is 428 g/mol. The van der Waals surface area contributed by atoms with Crippen LogP contribution in [0.3, 0.4) is 0 Å². The van der Waals surface area contributed by atoms with Crippen molar-refractivity contribution < 1.29 is 16.8 Å². The molecule has 9 heteroatoms. The Morgan fingerprint density at radius 2 is 1.68 bits per heavy atom. The average molecular weight is 445 g/mol. The maximum atomic E-state index is 12.5. The molecule has 0 fully saturated rings. The van der Waals surface area contributed by atoms with Crippen LogP contribution in [0, 0.1) is 0 Å². The summed E-state index contributed by atoms with van der Waals surface area (Å²) < 4.78 is 53.1. The van der Waals surface area contributed by atoms with Crippen molar-refractivity contribution in [2.24, 2.45) is 0 Å². The molecule has 0 aliphatic carbocycles. The van der Waals surface area contributed by atoms with Crippen LogP contribution in [0.5, 0.6) is 0 Å². The third-order valence-corrected chi connectivity index (χ3v) is 7.20. The van der Waals surface area contributed by atoms with E-state index in [2.05, 4.69) is 20.7 Å². The fourth-order valence-electron chi connectivity index (χ4n) is 2.71. The summed E-state index contributed by atoms with van der Waals surface area (Å²) in [5.74, 6) is 0. The average Bonchev–Trinajstić information content (AvgIpc) is 2.53. The first-order valence-corrected chi connectivity index (χ1v) is 11.6. The van der Waals surface area contributed by atoms with Crippen LogP contribution < -0.4 is 4.72 Å². The molecule has 0 spiro atoms. The number of nitrogens with zero attached hydrogens (tertiary/aromatic N) is 1. The number of benzene rings is 2. The lowest BCUT2D eigenvalue weighted by molar-refractivity contribution is 0.395. The van der Waals surface area contributed by atoms with Crippen molar-refractivity contribution in [1.82, 2.24) is 4.31 Å². The van der Waals surface area contributed by atoms with Crippen molar-refractivity contribution in [3.05, 3.63) is 58.1 Å². The lowest BCUT2D eigenvalue weighted by atomic mass is 10.0. The van der Waals surface area contributed by atoms with E-state index in [0.29, 0.717) is 18.7 Å². The quantitative estimate of drug-likeness (QED) is 0.784. The molecule has 1 N–H and O–H groups in total. The second kappa shape index (κ2) is 6.71. The number of hydrogen-bond donors (Lipinski definition) is 1. The molecule has 0 radical (unpaired) electrons. The van der Waals surface area contributed by atoms with E-state index in [1.54, 1.807) is 24.3 Å². The Morgan fingerprint density at radius 1 is 1.00 bits per heavy atom. The Kier molecular flexibility index (Phi) is 4.93. The number of sulfonamides is 2. The molecule has 0 amide bonds. The number of fused-ring (bicyclic) bond motifs is 1. The van der Waals surface area contributed by atoms with Gasteiger partial charge in [0.15, 0.2) is 0 Å². The van der Waals surface area contributed by atoms with E-state index in [1.807, 2.05) is 6.07 Å². The molecule has 134 valence electrons. The first-order valence-electron chi connectivity index (χ1n) is 7.50. The minimum atomic E-state index is -3.70. The molecule has 0 saturated heterocycles. The van der Waals surface area contributed by atoms with Gasteiger partial charge in [-0.3, -0.25) is 4.72 Å². The SMILES string of the molecule is CS(=O)(=O)N1CCc2ccc(NS(=O)(=O)c3ccc(Br)cc3)cc2C1. The van der Waals surface area contributed by atoms with Gasteiger partial charge in [0.2, 0.25) is 10.0 Å². The monoisotopic (exact) mass is 444 g/mol. The summed E-state index contributed by atoms with van der Waals surface area (Å²) in [6.07, 6.45) is 1.79. The van der Waals surface area contributed by atoms with Crippen LogP contribution in [0.15, 0.2) is 51.8 Å². The van der Waals surface area contributed by atoms with E-state index < -0.39 is 20.0 Å². The highest BCUT2D eigenvalue weighted by atomic mass is 79.9. The Bertz CT molecular complexity index is 1000. The van der Waals surface area contributed by atoms with E-state index in [4.69, 9.17) is 0 Å². The molecule has 0 saturated carbocycles. The predicted octanol–water partition coefficient (Wildman–Crippen LogP) is 2.57. The van der Waals surface area contributed by atoms with Gasteiger partial charge in [0.1, 0.15) is 0 Å². The molecule has 0 atom stereocenters. The first-order chi connectivity index (χ1) is 11.6. The molecule has 1 aliphatic rings. The van der Waals surface area contributed by atoms with Crippen LogP contribution in [0.25, 0.3) is 0 Å². The topological polar surface area (TPSA) is 83.6 Å². The largest absolute Gasteiger partial charge is 0.280 e. The highest BCUT2D eigenvalue weighted by Crippen LogP contribution is 2.25. The fraction of sp³-hybridized carbons (Fsp3) is 0.250. The Morgan fingerprint density at radius 3 is 2.32 bits per heavy atom. The second-order valence-corrected chi connectivity index (χ2v) is 10.5. The third-order valence-electron chi connectivity index (χ3n) is 4.03. The Labute approximate surface area is 156 Å². The molecule has 2 aromatic carbocycles. The predicted molar refractivity (Wildman–Crippen MR) is 100 cm³/mol. The van der Waals surface area contributed by atoms with Crippen LogP contribution in [-0.4, -0.2) is 33.9 Å². The van der Waals surface area contributed by atoms with Crippen molar-refractivity contribution in [2.75, 3.05) is 17.5 Å². The second-order valence-electron chi connectivity index (χ2n) is 5.89. The Hall–Kier alpha value is -1.42. The molecule has 3 rings (SSSR count). The Balaban J connectivity index is 1.86. The van der Waals surface area contributed by atoms with Gasteiger partial charge in [0, 0.05) is 23.2 Å². The fourth-order valence-corrected chi connectivity index (χ4v) is 4.82. The van der Waals surface area contributed by atoms with Gasteiger partial charge in [-0.15, -0.1) is 0 Å². The molecule has 1 heterocycles. The van der Waals surface area contributed by atoms with Gasteiger partial charge in [0.25, 0.3) is 10.0 Å². The highest BCUT2D eigenvalue weighted by molar-refractivity contribution is 9.10. The molecule has 0 aromatic heterocycles. The smallest absolute Gasteiger partial charge is 0.261 e. The molecule has 6 nitrogen and oxygen atoms in total. The number of nitrogens with one attached hydrogen (secondary N) is 1. The van der Waals surface area contributed by atoms with Crippen LogP contribution >= 0.6 is 15.9 Å². The zero-order chi connectivity index (χ0) is 18.2. The zero-order valence-electron chi connectivity index (χ0n) is 13.4. The summed E-state index contributed by atoms with van der Waals surface area (Å²) in [6, 6.07) is 11.6. The summed E-state index contributed by atoms with van der Waals surface area (Å²) in [7, 11) is -6.97. The van der Waals surface area contributed by atoms with E-state index in [9.17, 15) is 16.8 Å². The normalized spacial score (nSPS) is 15.6. The molecule has 0 unspecified atom stereocenters. The number of anilines is 1. The van der Waals surface area contributed by atoms with E-state index in [-0.39, 0.29) is 11.4 Å². The van der Waals surface area contributed by atoms with E-state index in [1.165, 1.54) is 22.7 Å². The van der Waals surface area contributed by atoms with Gasteiger partial charge in [-0.25, -0.2) is 16.8 Å². The van der Waals surface area contributed by atoms with Crippen molar-refractivity contribution in [3.8, 4) is 0 Å². The number of halogens is 1. The van der Waals surface area contributed by atoms with Crippen molar-refractivity contribution in [1.29, 1.82) is 0 Å². The van der Waals surface area contributed by atoms with Gasteiger partial charge in [0.05, 0.1) is 11.2 Å². The lowest BCUT2D eigenvalue weighted by Crippen LogP contribution is -2.35. The molecule has 0 bridgehead atoms. The highest BCUT2D eigenvalue weighted by Gasteiger charge is 2.23. The first kappa shape index (κ1) is 18.4. The number of rotatable bonds is 4. The van der Waals surface area contributed by atoms with Gasteiger partial charge in [-0.05, 0) is 53.9 Å².